The number of aliphatic hydroxyl groups is 1. The molecule has 0 saturated carbocycles. The van der Waals surface area contributed by atoms with Gasteiger partial charge in [0.25, 0.3) is 5.56 Å². The van der Waals surface area contributed by atoms with E-state index >= 15 is 0 Å². The Balaban J connectivity index is 2.44. The molecule has 152 valence electrons. The maximum Gasteiger partial charge on any atom is 0.330 e. The molecule has 1 aliphatic rings. The fourth-order valence-electron chi connectivity index (χ4n) is 2.89. The van der Waals surface area contributed by atoms with Crippen molar-refractivity contribution >= 4 is 8.32 Å². The van der Waals surface area contributed by atoms with Crippen molar-refractivity contribution in [3.05, 3.63) is 37.5 Å². The van der Waals surface area contributed by atoms with Crippen LogP contribution >= 0.6 is 0 Å². The van der Waals surface area contributed by atoms with E-state index in [-0.39, 0.29) is 18.0 Å². The maximum atomic E-state index is 12.2. The molecule has 0 amide bonds. The topological polar surface area (TPSA) is 123 Å². The third-order valence-electron chi connectivity index (χ3n) is 5.67. The summed E-state index contributed by atoms with van der Waals surface area (Å²) in [4.78, 5) is 37.1. The number of ether oxygens (including phenoxy) is 1. The highest BCUT2D eigenvalue weighted by atomic mass is 28.4. The predicted octanol–water partition coefficient (Wildman–Crippen LogP) is 1.65. The van der Waals surface area contributed by atoms with E-state index in [0.717, 1.165) is 0 Å². The Morgan fingerprint density at radius 2 is 2.07 bits per heavy atom. The quantitative estimate of drug-likeness (QED) is 0.554. The Bertz CT molecular complexity index is 812. The van der Waals surface area contributed by atoms with E-state index in [4.69, 9.17) is 9.16 Å². The largest absolute Gasteiger partial charge is 0.411 e. The molecule has 0 aromatic carbocycles. The summed E-state index contributed by atoms with van der Waals surface area (Å²) < 4.78 is 13.7. The molecule has 10 heteroatoms. The third-order valence-corrected chi connectivity index (χ3v) is 10.2. The van der Waals surface area contributed by atoms with Crippen LogP contribution in [-0.4, -0.2) is 47.8 Å². The van der Waals surface area contributed by atoms with Crippen LogP contribution in [0, 0.1) is 11.8 Å². The number of nitroso groups, excluding NO2 is 1. The Kier molecular flexibility index (Phi) is 5.95. The summed E-state index contributed by atoms with van der Waals surface area (Å²) in [7, 11) is -2.25. The lowest BCUT2D eigenvalue weighted by molar-refractivity contribution is -0.119. The highest BCUT2D eigenvalue weighted by Crippen LogP contribution is 2.44. The van der Waals surface area contributed by atoms with E-state index in [1.807, 2.05) is 0 Å². The standard InChI is InChI=1S/C17H29N3O6Si/c1-11-8-20(15(23)19-14(11)22)13-7-12(17(10-21,25-13)9-18-24)26-27(5,6)16(2,3)4/h8,12-13,21H,7,9-10H2,1-6H3,(H,19,22,23)/t12?,13-,17-/m1/s1. The molecule has 1 unspecified atom stereocenters. The van der Waals surface area contributed by atoms with Crippen molar-refractivity contribution < 1.29 is 14.3 Å². The van der Waals surface area contributed by atoms with Gasteiger partial charge in [-0.2, -0.15) is 4.91 Å². The van der Waals surface area contributed by atoms with Gasteiger partial charge in [-0.3, -0.25) is 14.3 Å². The Labute approximate surface area is 158 Å². The highest BCUT2D eigenvalue weighted by Gasteiger charge is 2.54. The lowest BCUT2D eigenvalue weighted by Crippen LogP contribution is -2.53. The fourth-order valence-corrected chi connectivity index (χ4v) is 4.26. The number of hydrogen-bond donors (Lipinski definition) is 2. The number of hydrogen-bond acceptors (Lipinski definition) is 7. The minimum Gasteiger partial charge on any atom is -0.411 e. The van der Waals surface area contributed by atoms with Crippen LogP contribution in [0.25, 0.3) is 0 Å². The predicted molar refractivity (Wildman–Crippen MR) is 103 cm³/mol. The first kappa shape index (κ1) is 21.7. The average Bonchev–Trinajstić information content (AvgIpc) is 2.88. The molecule has 3 atom stereocenters. The molecule has 1 saturated heterocycles. The van der Waals surface area contributed by atoms with Gasteiger partial charge in [0.05, 0.1) is 12.7 Å². The van der Waals surface area contributed by atoms with Crippen LogP contribution in [0.4, 0.5) is 0 Å². The second-order valence-corrected chi connectivity index (χ2v) is 13.4. The first-order valence-corrected chi connectivity index (χ1v) is 11.9. The minimum absolute atomic E-state index is 0.0910. The van der Waals surface area contributed by atoms with Gasteiger partial charge in [0.15, 0.2) is 8.32 Å². The second kappa shape index (κ2) is 7.42. The van der Waals surface area contributed by atoms with Crippen molar-refractivity contribution in [3.8, 4) is 0 Å². The van der Waals surface area contributed by atoms with E-state index in [1.165, 1.54) is 10.8 Å². The number of aliphatic hydroxyl groups excluding tert-OH is 1. The molecule has 0 spiro atoms. The van der Waals surface area contributed by atoms with E-state index in [9.17, 15) is 19.6 Å². The lowest BCUT2D eigenvalue weighted by Gasteiger charge is -2.41. The summed E-state index contributed by atoms with van der Waals surface area (Å²) in [5.41, 5.74) is -2.05. The number of nitrogens with zero attached hydrogens (tertiary/aromatic N) is 2. The SMILES string of the molecule is Cc1cn([C@H]2CC(O[Si](C)(C)C(C)(C)C)[C@](CO)(CN=O)O2)c(=O)[nH]c1=O. The van der Waals surface area contributed by atoms with E-state index in [1.54, 1.807) is 6.92 Å². The summed E-state index contributed by atoms with van der Waals surface area (Å²) in [5, 5.41) is 12.9. The summed E-state index contributed by atoms with van der Waals surface area (Å²) >= 11 is 0. The zero-order valence-corrected chi connectivity index (χ0v) is 17.7. The molecule has 1 aliphatic heterocycles. The van der Waals surface area contributed by atoms with Crippen molar-refractivity contribution in [1.29, 1.82) is 0 Å². The Morgan fingerprint density at radius 3 is 2.59 bits per heavy atom. The van der Waals surface area contributed by atoms with Gasteiger partial charge < -0.3 is 14.3 Å². The summed E-state index contributed by atoms with van der Waals surface area (Å²) in [6.45, 7) is 11.2. The first-order valence-electron chi connectivity index (χ1n) is 8.94. The second-order valence-electron chi connectivity index (χ2n) is 8.66. The molecule has 27 heavy (non-hydrogen) atoms. The normalized spacial score (nSPS) is 26.3. The van der Waals surface area contributed by atoms with Crippen molar-refractivity contribution in [2.75, 3.05) is 13.2 Å². The summed E-state index contributed by atoms with van der Waals surface area (Å²) in [5.74, 6) is 0. The van der Waals surface area contributed by atoms with Crippen molar-refractivity contribution in [3.63, 3.8) is 0 Å². The molecule has 0 bridgehead atoms. The minimum atomic E-state index is -2.25. The molecule has 9 nitrogen and oxygen atoms in total. The van der Waals surface area contributed by atoms with E-state index in [0.29, 0.717) is 5.56 Å². The average molecular weight is 400 g/mol. The van der Waals surface area contributed by atoms with Crippen LogP contribution in [0.1, 0.15) is 39.0 Å². The van der Waals surface area contributed by atoms with Crippen LogP contribution in [0.15, 0.2) is 21.0 Å². The first-order chi connectivity index (χ1) is 12.4. The van der Waals surface area contributed by atoms with Gasteiger partial charge >= 0.3 is 5.69 Å². The summed E-state index contributed by atoms with van der Waals surface area (Å²) in [6.07, 6.45) is 0.285. The molecule has 1 aromatic rings. The van der Waals surface area contributed by atoms with Gasteiger partial charge in [-0.05, 0) is 25.1 Å². The van der Waals surface area contributed by atoms with Crippen molar-refractivity contribution in [2.24, 2.45) is 5.18 Å². The number of nitrogens with one attached hydrogen (secondary N) is 1. The zero-order chi connectivity index (χ0) is 20.6. The van der Waals surface area contributed by atoms with Crippen LogP contribution in [0.5, 0.6) is 0 Å². The number of H-pyrrole nitrogens is 1. The molecular formula is C17H29N3O6Si. The van der Waals surface area contributed by atoms with Gasteiger partial charge in [-0.25, -0.2) is 4.79 Å². The molecule has 0 aliphatic carbocycles. The number of aromatic nitrogens is 2. The van der Waals surface area contributed by atoms with E-state index in [2.05, 4.69) is 44.0 Å². The molecule has 1 aromatic heterocycles. The highest BCUT2D eigenvalue weighted by molar-refractivity contribution is 6.74. The van der Waals surface area contributed by atoms with Crippen LogP contribution < -0.4 is 11.2 Å². The van der Waals surface area contributed by atoms with Gasteiger partial charge in [0, 0.05) is 18.2 Å². The van der Waals surface area contributed by atoms with Crippen LogP contribution in [-0.2, 0) is 9.16 Å². The lowest BCUT2D eigenvalue weighted by atomic mass is 9.98. The Morgan fingerprint density at radius 1 is 1.44 bits per heavy atom. The van der Waals surface area contributed by atoms with Crippen molar-refractivity contribution in [1.82, 2.24) is 9.55 Å². The summed E-state index contributed by atoms with van der Waals surface area (Å²) in [6, 6.07) is 0. The van der Waals surface area contributed by atoms with Gasteiger partial charge in [-0.1, -0.05) is 25.9 Å². The van der Waals surface area contributed by atoms with Gasteiger partial charge in [-0.15, -0.1) is 0 Å². The third kappa shape index (κ3) is 4.13. The van der Waals surface area contributed by atoms with Gasteiger partial charge in [0.2, 0.25) is 0 Å². The van der Waals surface area contributed by atoms with Crippen LogP contribution in [0.2, 0.25) is 18.1 Å². The zero-order valence-electron chi connectivity index (χ0n) is 16.7. The molecule has 1 fully saturated rings. The molecule has 2 N–H and O–H groups in total. The van der Waals surface area contributed by atoms with E-state index < -0.39 is 44.1 Å². The monoisotopic (exact) mass is 399 g/mol. The Hall–Kier alpha value is -1.62. The number of rotatable bonds is 6. The number of aromatic amines is 1. The number of aryl methyl sites for hydroxylation is 1. The fraction of sp³-hybridized carbons (Fsp3) is 0.765. The van der Waals surface area contributed by atoms with Crippen molar-refractivity contribution in [2.45, 2.75) is 70.2 Å². The van der Waals surface area contributed by atoms with Crippen LogP contribution in [0.3, 0.4) is 0 Å². The molecular weight excluding hydrogens is 370 g/mol. The molecule has 2 heterocycles. The molecule has 2 rings (SSSR count). The molecule has 0 radical (unpaired) electrons. The maximum absolute atomic E-state index is 12.2. The van der Waals surface area contributed by atoms with Gasteiger partial charge in [0.1, 0.15) is 18.4 Å². The smallest absolute Gasteiger partial charge is 0.330 e.